The largest absolute Gasteiger partial charge is 0.495 e. The number of nitrogens with one attached hydrogen (secondary N) is 1. The molecule has 0 unspecified atom stereocenters. The lowest BCUT2D eigenvalue weighted by molar-refractivity contribution is 0.397. The van der Waals surface area contributed by atoms with Gasteiger partial charge in [-0.2, -0.15) is 0 Å². The van der Waals surface area contributed by atoms with Gasteiger partial charge < -0.3 is 14.9 Å². The van der Waals surface area contributed by atoms with Crippen LogP contribution < -0.4 is 20.7 Å². The Morgan fingerprint density at radius 3 is 2.24 bits per heavy atom. The first-order valence-electron chi connectivity index (χ1n) is 6.55. The Morgan fingerprint density at radius 1 is 1.14 bits per heavy atom. The Balaban J connectivity index is 2.93. The highest BCUT2D eigenvalue weighted by molar-refractivity contribution is 6.38. The summed E-state index contributed by atoms with van der Waals surface area (Å²) in [6, 6.07) is 3.62. The zero-order chi connectivity index (χ0) is 15.8. The van der Waals surface area contributed by atoms with Gasteiger partial charge in [0.1, 0.15) is 17.0 Å². The Morgan fingerprint density at radius 2 is 1.76 bits per heavy atom. The number of aromatic nitrogens is 1. The maximum Gasteiger partial charge on any atom is 0.148 e. The molecule has 1 aromatic carbocycles. The Hall–Kier alpha value is -1.72. The maximum atomic E-state index is 6.41. The number of ether oxygens (including phenoxy) is 2. The monoisotopic (exact) mass is 309 g/mol. The van der Waals surface area contributed by atoms with Crippen LogP contribution in [0.4, 0.5) is 5.69 Å². The van der Waals surface area contributed by atoms with Crippen molar-refractivity contribution in [3.63, 3.8) is 0 Å². The van der Waals surface area contributed by atoms with Crippen molar-refractivity contribution in [1.82, 2.24) is 4.98 Å². The van der Waals surface area contributed by atoms with Gasteiger partial charge in [0.05, 0.1) is 30.3 Å². The molecular formula is C15H20ClN3O2. The summed E-state index contributed by atoms with van der Waals surface area (Å²) in [5.41, 5.74) is 4.80. The van der Waals surface area contributed by atoms with E-state index < -0.39 is 0 Å². The minimum absolute atomic E-state index is 0.128. The molecule has 5 nitrogen and oxygen atoms in total. The molecule has 3 N–H and O–H groups in total. The van der Waals surface area contributed by atoms with Crippen LogP contribution in [0.5, 0.6) is 11.5 Å². The number of pyridine rings is 1. The van der Waals surface area contributed by atoms with E-state index in [1.54, 1.807) is 20.3 Å². The third kappa shape index (κ3) is 2.71. The smallest absolute Gasteiger partial charge is 0.148 e. The van der Waals surface area contributed by atoms with Gasteiger partial charge in [0.25, 0.3) is 0 Å². The molecule has 0 radical (unpaired) electrons. The van der Waals surface area contributed by atoms with E-state index in [0.29, 0.717) is 33.1 Å². The van der Waals surface area contributed by atoms with E-state index in [-0.39, 0.29) is 5.41 Å². The Bertz CT molecular complexity index is 681. The SMILES string of the molecule is COc1cc(OC)c2nc(C(C)(C)C)cc(NN)c2c1Cl. The fourth-order valence-electron chi connectivity index (χ4n) is 2.12. The lowest BCUT2D eigenvalue weighted by Gasteiger charge is -2.21. The van der Waals surface area contributed by atoms with Crippen LogP contribution in [0.15, 0.2) is 12.1 Å². The second-order valence-electron chi connectivity index (χ2n) is 5.77. The minimum Gasteiger partial charge on any atom is -0.495 e. The molecule has 2 aromatic rings. The zero-order valence-corrected chi connectivity index (χ0v) is 13.6. The molecule has 0 spiro atoms. The second-order valence-corrected chi connectivity index (χ2v) is 6.15. The highest BCUT2D eigenvalue weighted by Gasteiger charge is 2.22. The van der Waals surface area contributed by atoms with Gasteiger partial charge in [-0.25, -0.2) is 4.98 Å². The number of benzene rings is 1. The molecular weight excluding hydrogens is 290 g/mol. The van der Waals surface area contributed by atoms with Gasteiger partial charge in [-0.05, 0) is 6.07 Å². The minimum atomic E-state index is -0.128. The fourth-order valence-corrected chi connectivity index (χ4v) is 2.44. The van der Waals surface area contributed by atoms with Crippen molar-refractivity contribution >= 4 is 28.2 Å². The van der Waals surface area contributed by atoms with E-state index in [1.165, 1.54) is 0 Å². The number of hydrogen-bond acceptors (Lipinski definition) is 5. The fraction of sp³-hybridized carbons (Fsp3) is 0.400. The van der Waals surface area contributed by atoms with Gasteiger partial charge in [0, 0.05) is 17.2 Å². The van der Waals surface area contributed by atoms with Crippen molar-refractivity contribution in [1.29, 1.82) is 0 Å². The molecule has 21 heavy (non-hydrogen) atoms. The van der Waals surface area contributed by atoms with Gasteiger partial charge in [-0.15, -0.1) is 0 Å². The van der Waals surface area contributed by atoms with Crippen LogP contribution >= 0.6 is 11.6 Å². The second kappa shape index (κ2) is 5.58. The summed E-state index contributed by atoms with van der Waals surface area (Å²) in [5, 5.41) is 1.14. The first kappa shape index (κ1) is 15.7. The number of halogens is 1. The Kier molecular flexibility index (Phi) is 4.16. The number of nitrogens with two attached hydrogens (primary N) is 1. The molecule has 0 fully saturated rings. The Labute approximate surface area is 129 Å². The number of fused-ring (bicyclic) bond motifs is 1. The number of nitrogen functional groups attached to an aromatic ring is 1. The van der Waals surface area contributed by atoms with Crippen LogP contribution in [0.2, 0.25) is 5.02 Å². The van der Waals surface area contributed by atoms with Crippen molar-refractivity contribution in [2.45, 2.75) is 26.2 Å². The highest BCUT2D eigenvalue weighted by atomic mass is 35.5. The standard InChI is InChI=1S/C15H20ClN3O2/c1-15(2,3)11-6-8(19-17)12-13(16)9(20-4)7-10(21-5)14(12)18-11/h6-7H,17H2,1-5H3,(H,18,19). The molecule has 0 atom stereocenters. The summed E-state index contributed by atoms with van der Waals surface area (Å²) in [7, 11) is 3.14. The first-order valence-corrected chi connectivity index (χ1v) is 6.93. The molecule has 6 heteroatoms. The number of hydrogen-bond donors (Lipinski definition) is 2. The van der Waals surface area contributed by atoms with Crippen LogP contribution in [0.25, 0.3) is 10.9 Å². The zero-order valence-electron chi connectivity index (χ0n) is 12.9. The normalized spacial score (nSPS) is 11.6. The quantitative estimate of drug-likeness (QED) is 0.671. The van der Waals surface area contributed by atoms with Crippen LogP contribution in [0.3, 0.4) is 0 Å². The van der Waals surface area contributed by atoms with Crippen LogP contribution in [0.1, 0.15) is 26.5 Å². The molecule has 0 amide bonds. The average Bonchev–Trinajstić information content (AvgIpc) is 2.45. The summed E-state index contributed by atoms with van der Waals surface area (Å²) < 4.78 is 10.7. The molecule has 0 bridgehead atoms. The lowest BCUT2D eigenvalue weighted by atomic mass is 9.90. The average molecular weight is 310 g/mol. The van der Waals surface area contributed by atoms with Crippen molar-refractivity contribution in [3.8, 4) is 11.5 Å². The number of anilines is 1. The molecule has 0 aliphatic heterocycles. The molecule has 114 valence electrons. The number of hydrazine groups is 1. The third-order valence-electron chi connectivity index (χ3n) is 3.31. The van der Waals surface area contributed by atoms with E-state index >= 15 is 0 Å². The van der Waals surface area contributed by atoms with Crippen LogP contribution in [0, 0.1) is 0 Å². The molecule has 0 saturated carbocycles. The van der Waals surface area contributed by atoms with E-state index in [1.807, 2.05) is 6.07 Å². The van der Waals surface area contributed by atoms with Gasteiger partial charge >= 0.3 is 0 Å². The molecule has 1 heterocycles. The summed E-state index contributed by atoms with van der Waals surface area (Å²) >= 11 is 6.41. The topological polar surface area (TPSA) is 69.4 Å². The summed E-state index contributed by atoms with van der Waals surface area (Å²) in [5.74, 6) is 6.77. The highest BCUT2D eigenvalue weighted by Crippen LogP contribution is 2.42. The van der Waals surface area contributed by atoms with Crippen LogP contribution in [-0.4, -0.2) is 19.2 Å². The van der Waals surface area contributed by atoms with Crippen molar-refractivity contribution in [3.05, 3.63) is 22.8 Å². The predicted octanol–water partition coefficient (Wildman–Crippen LogP) is 3.49. The number of rotatable bonds is 3. The van der Waals surface area contributed by atoms with E-state index in [9.17, 15) is 0 Å². The molecule has 0 aliphatic rings. The third-order valence-corrected chi connectivity index (χ3v) is 3.69. The van der Waals surface area contributed by atoms with Crippen molar-refractivity contribution in [2.24, 2.45) is 5.84 Å². The summed E-state index contributed by atoms with van der Waals surface area (Å²) in [4.78, 5) is 4.70. The van der Waals surface area contributed by atoms with E-state index in [2.05, 4.69) is 26.2 Å². The molecule has 1 aromatic heterocycles. The van der Waals surface area contributed by atoms with Gasteiger partial charge in [-0.3, -0.25) is 5.84 Å². The van der Waals surface area contributed by atoms with Crippen molar-refractivity contribution < 1.29 is 9.47 Å². The van der Waals surface area contributed by atoms with Gasteiger partial charge in [-0.1, -0.05) is 32.4 Å². The summed E-state index contributed by atoms with van der Waals surface area (Å²) in [6.07, 6.45) is 0. The van der Waals surface area contributed by atoms with E-state index in [0.717, 1.165) is 5.69 Å². The number of methoxy groups -OCH3 is 2. The lowest BCUT2D eigenvalue weighted by Crippen LogP contribution is -2.16. The van der Waals surface area contributed by atoms with Crippen molar-refractivity contribution in [2.75, 3.05) is 19.6 Å². The number of nitrogens with zero attached hydrogens (tertiary/aromatic N) is 1. The summed E-state index contributed by atoms with van der Waals surface area (Å²) in [6.45, 7) is 6.25. The first-order chi connectivity index (χ1) is 9.83. The molecule has 0 aliphatic carbocycles. The van der Waals surface area contributed by atoms with Gasteiger partial charge in [0.15, 0.2) is 0 Å². The predicted molar refractivity (Wildman–Crippen MR) is 86.4 cm³/mol. The van der Waals surface area contributed by atoms with Gasteiger partial charge in [0.2, 0.25) is 0 Å². The maximum absolute atomic E-state index is 6.41. The van der Waals surface area contributed by atoms with Crippen LogP contribution in [-0.2, 0) is 5.41 Å². The molecule has 0 saturated heterocycles. The molecule has 2 rings (SSSR count). The van der Waals surface area contributed by atoms with E-state index in [4.69, 9.17) is 31.9 Å².